The van der Waals surface area contributed by atoms with Crippen molar-refractivity contribution in [3.8, 4) is 0 Å². The third kappa shape index (κ3) is 3.41. The van der Waals surface area contributed by atoms with Crippen molar-refractivity contribution in [1.29, 1.82) is 0 Å². The minimum atomic E-state index is -0.179. The zero-order valence-corrected chi connectivity index (χ0v) is 13.5. The molecule has 2 fully saturated rings. The molecule has 0 radical (unpaired) electrons. The first-order valence-corrected chi connectivity index (χ1v) is 8.34. The molecule has 3 rings (SSSR count). The Hall–Kier alpha value is -0.450. The molecule has 0 aromatic heterocycles. The molecule has 110 valence electrons. The van der Waals surface area contributed by atoms with Crippen molar-refractivity contribution in [3.63, 3.8) is 0 Å². The first-order chi connectivity index (χ1) is 9.63. The van der Waals surface area contributed by atoms with Gasteiger partial charge in [-0.15, -0.1) is 0 Å². The van der Waals surface area contributed by atoms with Gasteiger partial charge in [0.15, 0.2) is 0 Å². The van der Waals surface area contributed by atoms with Crippen LogP contribution in [-0.2, 0) is 6.54 Å². The topological polar surface area (TPSA) is 15.3 Å². The van der Waals surface area contributed by atoms with Gasteiger partial charge in [0.05, 0.1) is 0 Å². The van der Waals surface area contributed by atoms with E-state index in [2.05, 4.69) is 33.1 Å². The molecule has 1 aromatic carbocycles. The summed E-state index contributed by atoms with van der Waals surface area (Å²) in [7, 11) is 0. The third-order valence-corrected chi connectivity index (χ3v) is 5.34. The summed E-state index contributed by atoms with van der Waals surface area (Å²) in [6.45, 7) is 5.42. The first-order valence-electron chi connectivity index (χ1n) is 7.55. The second-order valence-electron chi connectivity index (χ2n) is 6.20. The van der Waals surface area contributed by atoms with Gasteiger partial charge in [0.2, 0.25) is 0 Å². The Morgan fingerprint density at radius 1 is 1.35 bits per heavy atom. The number of halogens is 2. The Balaban J connectivity index is 1.72. The van der Waals surface area contributed by atoms with Crippen LogP contribution in [0.5, 0.6) is 0 Å². The number of hydrogen-bond acceptors (Lipinski definition) is 2. The SMILES string of the molecule is CC1CCNC(C2CC2)CN1Cc1ccc(F)cc1Br. The number of benzene rings is 1. The molecule has 1 aliphatic carbocycles. The van der Waals surface area contributed by atoms with E-state index in [1.54, 1.807) is 12.1 Å². The van der Waals surface area contributed by atoms with Gasteiger partial charge in [0, 0.05) is 29.6 Å². The zero-order valence-electron chi connectivity index (χ0n) is 11.9. The maximum absolute atomic E-state index is 13.2. The summed E-state index contributed by atoms with van der Waals surface area (Å²) in [5.74, 6) is 0.696. The lowest BCUT2D eigenvalue weighted by molar-refractivity contribution is 0.190. The van der Waals surface area contributed by atoms with Gasteiger partial charge in [-0.25, -0.2) is 4.39 Å². The molecule has 2 aliphatic rings. The van der Waals surface area contributed by atoms with Gasteiger partial charge in [-0.2, -0.15) is 0 Å². The van der Waals surface area contributed by atoms with Crippen LogP contribution in [0, 0.1) is 11.7 Å². The predicted molar refractivity (Wildman–Crippen MR) is 83.1 cm³/mol. The lowest BCUT2D eigenvalue weighted by Crippen LogP contribution is -2.41. The standard InChI is InChI=1S/C16H22BrFN2/c1-11-6-7-19-16(12-2-3-12)10-20(11)9-13-4-5-14(18)8-15(13)17/h4-5,8,11-12,16,19H,2-3,6-7,9-10H2,1H3. The van der Waals surface area contributed by atoms with Crippen LogP contribution in [0.15, 0.2) is 22.7 Å². The van der Waals surface area contributed by atoms with Crippen LogP contribution < -0.4 is 5.32 Å². The Kier molecular flexibility index (Phi) is 4.43. The lowest BCUT2D eigenvalue weighted by Gasteiger charge is -2.29. The van der Waals surface area contributed by atoms with Crippen molar-refractivity contribution in [2.75, 3.05) is 13.1 Å². The van der Waals surface area contributed by atoms with Crippen LogP contribution in [0.25, 0.3) is 0 Å². The van der Waals surface area contributed by atoms with Crippen LogP contribution in [0.3, 0.4) is 0 Å². The maximum Gasteiger partial charge on any atom is 0.124 e. The van der Waals surface area contributed by atoms with Gasteiger partial charge in [0.1, 0.15) is 5.82 Å². The van der Waals surface area contributed by atoms with E-state index >= 15 is 0 Å². The van der Waals surface area contributed by atoms with Crippen LogP contribution >= 0.6 is 15.9 Å². The van der Waals surface area contributed by atoms with E-state index in [1.807, 2.05) is 6.07 Å². The molecule has 2 unspecified atom stereocenters. The van der Waals surface area contributed by atoms with Crippen LogP contribution in [0.2, 0.25) is 0 Å². The molecule has 1 aliphatic heterocycles. The number of nitrogens with zero attached hydrogens (tertiary/aromatic N) is 1. The molecule has 2 nitrogen and oxygen atoms in total. The molecule has 1 saturated heterocycles. The number of rotatable bonds is 3. The average molecular weight is 341 g/mol. The fourth-order valence-electron chi connectivity index (χ4n) is 3.06. The monoisotopic (exact) mass is 340 g/mol. The highest BCUT2D eigenvalue weighted by Crippen LogP contribution is 2.34. The molecule has 1 N–H and O–H groups in total. The summed E-state index contributed by atoms with van der Waals surface area (Å²) in [5, 5.41) is 3.70. The Morgan fingerprint density at radius 3 is 2.85 bits per heavy atom. The number of nitrogens with one attached hydrogen (secondary N) is 1. The lowest BCUT2D eigenvalue weighted by atomic mass is 10.1. The average Bonchev–Trinajstić information content (AvgIpc) is 3.22. The Morgan fingerprint density at radius 2 is 2.15 bits per heavy atom. The summed E-state index contributed by atoms with van der Waals surface area (Å²) in [5.41, 5.74) is 1.18. The van der Waals surface area contributed by atoms with Crippen LogP contribution in [0.1, 0.15) is 31.7 Å². The summed E-state index contributed by atoms with van der Waals surface area (Å²) < 4.78 is 14.1. The number of hydrogen-bond donors (Lipinski definition) is 1. The summed E-state index contributed by atoms with van der Waals surface area (Å²) in [6, 6.07) is 6.23. The zero-order chi connectivity index (χ0) is 14.1. The van der Waals surface area contributed by atoms with Crippen LogP contribution in [-0.4, -0.2) is 30.1 Å². The van der Waals surface area contributed by atoms with E-state index in [0.717, 1.165) is 30.0 Å². The molecule has 0 bridgehead atoms. The molecule has 2 atom stereocenters. The fourth-order valence-corrected chi connectivity index (χ4v) is 3.54. The molecule has 4 heteroatoms. The van der Waals surface area contributed by atoms with Gasteiger partial charge in [-0.05, 0) is 56.3 Å². The maximum atomic E-state index is 13.2. The Bertz CT molecular complexity index is 476. The highest BCUT2D eigenvalue weighted by molar-refractivity contribution is 9.10. The van der Waals surface area contributed by atoms with E-state index < -0.39 is 0 Å². The summed E-state index contributed by atoms with van der Waals surface area (Å²) >= 11 is 3.49. The van der Waals surface area contributed by atoms with Gasteiger partial charge in [-0.1, -0.05) is 22.0 Å². The van der Waals surface area contributed by atoms with E-state index in [0.29, 0.717) is 12.1 Å². The molecule has 1 aromatic rings. The van der Waals surface area contributed by atoms with Crippen molar-refractivity contribution < 1.29 is 4.39 Å². The molecule has 20 heavy (non-hydrogen) atoms. The second kappa shape index (κ2) is 6.12. The third-order valence-electron chi connectivity index (χ3n) is 4.60. The fraction of sp³-hybridized carbons (Fsp3) is 0.625. The van der Waals surface area contributed by atoms with Crippen molar-refractivity contribution in [2.24, 2.45) is 5.92 Å². The first kappa shape index (κ1) is 14.5. The summed E-state index contributed by atoms with van der Waals surface area (Å²) in [6.07, 6.45) is 3.93. The molecule has 1 saturated carbocycles. The highest BCUT2D eigenvalue weighted by atomic mass is 79.9. The van der Waals surface area contributed by atoms with E-state index in [1.165, 1.54) is 24.8 Å². The smallest absolute Gasteiger partial charge is 0.124 e. The molecule has 0 spiro atoms. The van der Waals surface area contributed by atoms with Gasteiger partial charge < -0.3 is 5.32 Å². The van der Waals surface area contributed by atoms with E-state index in [-0.39, 0.29) is 5.82 Å². The van der Waals surface area contributed by atoms with E-state index in [4.69, 9.17) is 0 Å². The Labute approximate surface area is 128 Å². The van der Waals surface area contributed by atoms with Gasteiger partial charge >= 0.3 is 0 Å². The highest BCUT2D eigenvalue weighted by Gasteiger charge is 2.34. The van der Waals surface area contributed by atoms with Crippen molar-refractivity contribution in [1.82, 2.24) is 10.2 Å². The molecule has 0 amide bonds. The summed E-state index contributed by atoms with van der Waals surface area (Å²) in [4.78, 5) is 2.54. The minimum Gasteiger partial charge on any atom is -0.312 e. The predicted octanol–water partition coefficient (Wildman–Crippen LogP) is 3.55. The van der Waals surface area contributed by atoms with Gasteiger partial charge in [-0.3, -0.25) is 4.90 Å². The second-order valence-corrected chi connectivity index (χ2v) is 7.06. The quantitative estimate of drug-likeness (QED) is 0.905. The van der Waals surface area contributed by atoms with Crippen LogP contribution in [0.4, 0.5) is 4.39 Å². The van der Waals surface area contributed by atoms with Gasteiger partial charge in [0.25, 0.3) is 0 Å². The molecule has 1 heterocycles. The normalized spacial score (nSPS) is 28.4. The van der Waals surface area contributed by atoms with Crippen molar-refractivity contribution in [2.45, 2.75) is 44.8 Å². The van der Waals surface area contributed by atoms with E-state index in [9.17, 15) is 4.39 Å². The van der Waals surface area contributed by atoms with Crippen molar-refractivity contribution in [3.05, 3.63) is 34.1 Å². The van der Waals surface area contributed by atoms with Crippen molar-refractivity contribution >= 4 is 15.9 Å². The molecular weight excluding hydrogens is 319 g/mol. The molecular formula is C16H22BrFN2. The largest absolute Gasteiger partial charge is 0.312 e. The minimum absolute atomic E-state index is 0.179.